The number of methoxy groups -OCH3 is 2. The molecule has 0 spiro atoms. The smallest absolute Gasteiger partial charge is 0.291 e. The summed E-state index contributed by atoms with van der Waals surface area (Å²) in [7, 11) is 3.14. The number of hydrogen-bond donors (Lipinski definition) is 1. The van der Waals surface area contributed by atoms with Crippen LogP contribution < -0.4 is 14.8 Å². The number of ether oxygens (including phenoxy) is 2. The standard InChI is InChI=1S/C26H18Cl2N2O5/c1-32-22-7-3-14(11-24(22)33-2)26-30-19-13-16(5-8-21(19)35-26)29-25(31)23-10-9-20(34-23)17-6-4-15(27)12-18(17)28/h3-13H,1-2H3,(H,29,31). The number of anilines is 1. The Labute approximate surface area is 210 Å². The Morgan fingerprint density at radius 1 is 0.886 bits per heavy atom. The largest absolute Gasteiger partial charge is 0.493 e. The van der Waals surface area contributed by atoms with Gasteiger partial charge in [-0.1, -0.05) is 23.2 Å². The topological polar surface area (TPSA) is 86.7 Å². The summed E-state index contributed by atoms with van der Waals surface area (Å²) in [5.74, 6) is 1.78. The van der Waals surface area contributed by atoms with Crippen LogP contribution in [0.15, 0.2) is 75.6 Å². The second kappa shape index (κ2) is 9.37. The van der Waals surface area contributed by atoms with Crippen LogP contribution in [0.2, 0.25) is 10.0 Å². The number of benzene rings is 3. The van der Waals surface area contributed by atoms with Gasteiger partial charge in [0, 0.05) is 21.8 Å². The van der Waals surface area contributed by atoms with E-state index in [2.05, 4.69) is 10.3 Å². The number of nitrogens with zero attached hydrogens (tertiary/aromatic N) is 1. The van der Waals surface area contributed by atoms with Crippen LogP contribution in [-0.4, -0.2) is 25.1 Å². The van der Waals surface area contributed by atoms with E-state index in [1.54, 1.807) is 74.9 Å². The number of aromatic nitrogens is 1. The lowest BCUT2D eigenvalue weighted by Gasteiger charge is -2.07. The summed E-state index contributed by atoms with van der Waals surface area (Å²) in [6.45, 7) is 0. The fourth-order valence-corrected chi connectivity index (χ4v) is 4.09. The first-order valence-corrected chi connectivity index (χ1v) is 11.2. The maximum Gasteiger partial charge on any atom is 0.291 e. The predicted molar refractivity (Wildman–Crippen MR) is 135 cm³/mol. The highest BCUT2D eigenvalue weighted by molar-refractivity contribution is 6.36. The van der Waals surface area contributed by atoms with Crippen LogP contribution in [0.25, 0.3) is 33.9 Å². The van der Waals surface area contributed by atoms with Crippen LogP contribution in [0.1, 0.15) is 10.6 Å². The number of oxazole rings is 1. The highest BCUT2D eigenvalue weighted by atomic mass is 35.5. The van der Waals surface area contributed by atoms with Crippen molar-refractivity contribution in [2.75, 3.05) is 19.5 Å². The van der Waals surface area contributed by atoms with E-state index in [1.807, 2.05) is 6.07 Å². The van der Waals surface area contributed by atoms with Gasteiger partial charge in [0.05, 0.1) is 19.2 Å². The predicted octanol–water partition coefficient (Wildman–Crippen LogP) is 7.33. The number of fused-ring (bicyclic) bond motifs is 1. The molecule has 9 heteroatoms. The molecule has 5 rings (SSSR count). The summed E-state index contributed by atoms with van der Waals surface area (Å²) in [4.78, 5) is 17.3. The molecule has 3 aromatic carbocycles. The Bertz CT molecular complexity index is 1560. The minimum atomic E-state index is -0.413. The molecule has 5 aromatic rings. The van der Waals surface area contributed by atoms with E-state index in [4.69, 9.17) is 41.5 Å². The number of hydrogen-bond acceptors (Lipinski definition) is 6. The number of halogens is 2. The number of furan rings is 1. The number of amides is 1. The maximum absolute atomic E-state index is 12.8. The van der Waals surface area contributed by atoms with Gasteiger partial charge in [0.1, 0.15) is 11.3 Å². The first-order valence-electron chi connectivity index (χ1n) is 10.4. The van der Waals surface area contributed by atoms with Gasteiger partial charge in [-0.25, -0.2) is 4.98 Å². The molecular formula is C26H18Cl2N2O5. The van der Waals surface area contributed by atoms with Crippen LogP contribution in [-0.2, 0) is 0 Å². The third kappa shape index (κ3) is 4.56. The zero-order valence-corrected chi connectivity index (χ0v) is 20.1. The average molecular weight is 509 g/mol. The van der Waals surface area contributed by atoms with Crippen molar-refractivity contribution >= 4 is 45.9 Å². The third-order valence-electron chi connectivity index (χ3n) is 5.30. The van der Waals surface area contributed by atoms with Gasteiger partial charge in [-0.05, 0) is 66.7 Å². The van der Waals surface area contributed by atoms with E-state index in [0.29, 0.717) is 55.5 Å². The van der Waals surface area contributed by atoms with Crippen molar-refractivity contribution in [3.8, 4) is 34.3 Å². The quantitative estimate of drug-likeness (QED) is 0.258. The number of carbonyl (C=O) groups excluding carboxylic acids is 1. The van der Waals surface area contributed by atoms with Gasteiger partial charge in [0.15, 0.2) is 22.8 Å². The Hall–Kier alpha value is -3.94. The van der Waals surface area contributed by atoms with Gasteiger partial charge >= 0.3 is 0 Å². The van der Waals surface area contributed by atoms with Crippen LogP contribution in [0.5, 0.6) is 11.5 Å². The molecule has 1 N–H and O–H groups in total. The van der Waals surface area contributed by atoms with Gasteiger partial charge in [-0.2, -0.15) is 0 Å². The van der Waals surface area contributed by atoms with E-state index in [-0.39, 0.29) is 5.76 Å². The zero-order chi connectivity index (χ0) is 24.5. The lowest BCUT2D eigenvalue weighted by Crippen LogP contribution is -2.10. The summed E-state index contributed by atoms with van der Waals surface area (Å²) in [6.07, 6.45) is 0. The molecule has 7 nitrogen and oxygen atoms in total. The minimum Gasteiger partial charge on any atom is -0.493 e. The fourth-order valence-electron chi connectivity index (χ4n) is 3.58. The third-order valence-corrected chi connectivity index (χ3v) is 5.85. The van der Waals surface area contributed by atoms with Crippen molar-refractivity contribution in [1.82, 2.24) is 4.98 Å². The van der Waals surface area contributed by atoms with Gasteiger partial charge in [-0.3, -0.25) is 4.79 Å². The molecule has 0 aliphatic rings. The van der Waals surface area contributed by atoms with Crippen molar-refractivity contribution in [3.63, 3.8) is 0 Å². The number of nitrogens with one attached hydrogen (secondary N) is 1. The van der Waals surface area contributed by atoms with Crippen molar-refractivity contribution in [2.24, 2.45) is 0 Å². The molecule has 0 saturated heterocycles. The first-order chi connectivity index (χ1) is 16.9. The SMILES string of the molecule is COc1ccc(-c2nc3cc(NC(=O)c4ccc(-c5ccc(Cl)cc5Cl)o4)ccc3o2)cc1OC. The fraction of sp³-hybridized carbons (Fsp3) is 0.0769. The minimum absolute atomic E-state index is 0.136. The van der Waals surface area contributed by atoms with E-state index in [1.165, 1.54) is 0 Å². The highest BCUT2D eigenvalue weighted by Crippen LogP contribution is 2.34. The normalized spacial score (nSPS) is 11.0. The summed E-state index contributed by atoms with van der Waals surface area (Å²) in [5, 5.41) is 3.76. The molecule has 0 fully saturated rings. The van der Waals surface area contributed by atoms with Gasteiger partial charge < -0.3 is 23.6 Å². The lowest BCUT2D eigenvalue weighted by molar-refractivity contribution is 0.0997. The average Bonchev–Trinajstić information content (AvgIpc) is 3.51. The second-order valence-electron chi connectivity index (χ2n) is 7.51. The Morgan fingerprint density at radius 2 is 1.71 bits per heavy atom. The van der Waals surface area contributed by atoms with E-state index < -0.39 is 5.91 Å². The summed E-state index contributed by atoms with van der Waals surface area (Å²) in [6, 6.07) is 18.9. The molecule has 0 aliphatic heterocycles. The Balaban J connectivity index is 1.37. The Morgan fingerprint density at radius 3 is 2.49 bits per heavy atom. The molecule has 0 bridgehead atoms. The summed E-state index contributed by atoms with van der Waals surface area (Å²) in [5.41, 5.74) is 3.07. The molecule has 176 valence electrons. The molecule has 2 aromatic heterocycles. The molecule has 0 saturated carbocycles. The molecule has 0 aliphatic carbocycles. The summed E-state index contributed by atoms with van der Waals surface area (Å²) < 4.78 is 22.2. The number of rotatable bonds is 6. The van der Waals surface area contributed by atoms with Crippen molar-refractivity contribution < 1.29 is 23.1 Å². The van der Waals surface area contributed by atoms with Gasteiger partial charge in [-0.15, -0.1) is 0 Å². The van der Waals surface area contributed by atoms with Crippen molar-refractivity contribution in [1.29, 1.82) is 0 Å². The molecule has 0 unspecified atom stereocenters. The molecule has 0 atom stereocenters. The zero-order valence-electron chi connectivity index (χ0n) is 18.6. The number of carbonyl (C=O) groups is 1. The van der Waals surface area contributed by atoms with E-state index in [0.717, 1.165) is 5.56 Å². The maximum atomic E-state index is 12.8. The summed E-state index contributed by atoms with van der Waals surface area (Å²) >= 11 is 12.2. The van der Waals surface area contributed by atoms with E-state index in [9.17, 15) is 4.79 Å². The molecule has 1 amide bonds. The van der Waals surface area contributed by atoms with Crippen molar-refractivity contribution in [2.45, 2.75) is 0 Å². The molecule has 0 radical (unpaired) electrons. The monoisotopic (exact) mass is 508 g/mol. The van der Waals surface area contributed by atoms with Crippen LogP contribution in [0, 0.1) is 0 Å². The first kappa shape index (κ1) is 22.8. The molecular weight excluding hydrogens is 491 g/mol. The van der Waals surface area contributed by atoms with Gasteiger partial charge in [0.25, 0.3) is 5.91 Å². The van der Waals surface area contributed by atoms with E-state index >= 15 is 0 Å². The molecule has 35 heavy (non-hydrogen) atoms. The van der Waals surface area contributed by atoms with Crippen LogP contribution >= 0.6 is 23.2 Å². The second-order valence-corrected chi connectivity index (χ2v) is 8.36. The van der Waals surface area contributed by atoms with Crippen LogP contribution in [0.4, 0.5) is 5.69 Å². The highest BCUT2D eigenvalue weighted by Gasteiger charge is 2.16. The Kier molecular flexibility index (Phi) is 6.11. The van der Waals surface area contributed by atoms with Crippen molar-refractivity contribution in [3.05, 3.63) is 82.5 Å². The molecule has 2 heterocycles. The van der Waals surface area contributed by atoms with Gasteiger partial charge in [0.2, 0.25) is 5.89 Å². The lowest BCUT2D eigenvalue weighted by atomic mass is 10.2. The van der Waals surface area contributed by atoms with Crippen LogP contribution in [0.3, 0.4) is 0 Å².